The molecule has 0 bridgehead atoms. The lowest BCUT2D eigenvalue weighted by Crippen LogP contribution is -2.08. The van der Waals surface area contributed by atoms with Crippen LogP contribution in [0.15, 0.2) is 18.2 Å². The molecule has 1 aliphatic rings. The zero-order valence-electron chi connectivity index (χ0n) is 6.96. The second-order valence-corrected chi connectivity index (χ2v) is 3.32. The van der Waals surface area contributed by atoms with Crippen LogP contribution in [-0.4, -0.2) is 11.7 Å². The molecule has 2 rings (SSSR count). The van der Waals surface area contributed by atoms with Crippen molar-refractivity contribution < 1.29 is 5.11 Å². The molecule has 0 spiro atoms. The number of aromatic hydroxyl groups is 1. The minimum atomic E-state index is 0.434. The molecule has 1 aromatic rings. The minimum Gasteiger partial charge on any atom is -0.508 e. The fourth-order valence-electron chi connectivity index (χ4n) is 1.97. The summed E-state index contributed by atoms with van der Waals surface area (Å²) in [5.41, 5.74) is 7.97. The lowest BCUT2D eigenvalue weighted by atomic mass is 10.0. The number of hydrogen-bond donors (Lipinski definition) is 2. The van der Waals surface area contributed by atoms with Gasteiger partial charge in [-0.05, 0) is 42.5 Å². The fourth-order valence-corrected chi connectivity index (χ4v) is 1.97. The maximum Gasteiger partial charge on any atom is 0.119 e. The maximum absolute atomic E-state index is 9.50. The van der Waals surface area contributed by atoms with Crippen LogP contribution in [0, 0.1) is 0 Å². The maximum atomic E-state index is 9.50. The molecule has 1 aromatic carbocycles. The monoisotopic (exact) mass is 163 g/mol. The van der Waals surface area contributed by atoms with E-state index in [1.807, 2.05) is 6.07 Å². The molecule has 0 aromatic heterocycles. The molecule has 64 valence electrons. The molecule has 12 heavy (non-hydrogen) atoms. The van der Waals surface area contributed by atoms with Crippen LogP contribution >= 0.6 is 0 Å². The quantitative estimate of drug-likeness (QED) is 0.657. The highest BCUT2D eigenvalue weighted by Gasteiger charge is 2.22. The first-order valence-electron chi connectivity index (χ1n) is 4.33. The van der Waals surface area contributed by atoms with Gasteiger partial charge in [-0.15, -0.1) is 0 Å². The first-order valence-corrected chi connectivity index (χ1v) is 4.33. The van der Waals surface area contributed by atoms with Gasteiger partial charge in [-0.1, -0.05) is 12.1 Å². The van der Waals surface area contributed by atoms with Gasteiger partial charge < -0.3 is 10.8 Å². The Kier molecular flexibility index (Phi) is 1.77. The predicted molar refractivity (Wildman–Crippen MR) is 48.2 cm³/mol. The normalized spacial score (nSPS) is 20.9. The number of phenols is 1. The largest absolute Gasteiger partial charge is 0.508 e. The summed E-state index contributed by atoms with van der Waals surface area (Å²) in [6.07, 6.45) is 2.06. The summed E-state index contributed by atoms with van der Waals surface area (Å²) in [6.45, 7) is 0.691. The van der Waals surface area contributed by atoms with Crippen molar-refractivity contribution in [2.24, 2.45) is 5.73 Å². The summed E-state index contributed by atoms with van der Waals surface area (Å²) in [4.78, 5) is 0. The summed E-state index contributed by atoms with van der Waals surface area (Å²) < 4.78 is 0. The topological polar surface area (TPSA) is 46.2 Å². The van der Waals surface area contributed by atoms with Crippen molar-refractivity contribution >= 4 is 0 Å². The summed E-state index contributed by atoms with van der Waals surface area (Å²) in [5.74, 6) is 0.899. The Morgan fingerprint density at radius 3 is 3.08 bits per heavy atom. The summed E-state index contributed by atoms with van der Waals surface area (Å²) >= 11 is 0. The number of phenolic OH excluding ortho intramolecular Hbond substituents is 1. The van der Waals surface area contributed by atoms with Crippen molar-refractivity contribution in [1.29, 1.82) is 0 Å². The van der Waals surface area contributed by atoms with Gasteiger partial charge in [0.25, 0.3) is 0 Å². The molecule has 0 fully saturated rings. The van der Waals surface area contributed by atoms with Crippen LogP contribution in [0.25, 0.3) is 0 Å². The number of fused-ring (bicyclic) bond motifs is 1. The Hall–Kier alpha value is -1.02. The van der Waals surface area contributed by atoms with Gasteiger partial charge in [0.2, 0.25) is 0 Å². The van der Waals surface area contributed by atoms with Crippen LogP contribution in [0.5, 0.6) is 5.75 Å². The van der Waals surface area contributed by atoms with Crippen molar-refractivity contribution in [3.63, 3.8) is 0 Å². The number of rotatable bonds is 1. The molecule has 0 aliphatic heterocycles. The van der Waals surface area contributed by atoms with Crippen molar-refractivity contribution in [1.82, 2.24) is 0 Å². The van der Waals surface area contributed by atoms with E-state index in [9.17, 15) is 5.11 Å². The van der Waals surface area contributed by atoms with Crippen LogP contribution < -0.4 is 5.73 Å². The Labute approximate surface area is 72.0 Å². The Morgan fingerprint density at radius 1 is 1.50 bits per heavy atom. The van der Waals surface area contributed by atoms with E-state index < -0.39 is 0 Å². The van der Waals surface area contributed by atoms with Gasteiger partial charge in [0.1, 0.15) is 5.75 Å². The molecule has 0 amide bonds. The van der Waals surface area contributed by atoms with E-state index in [2.05, 4.69) is 6.07 Å². The fraction of sp³-hybridized carbons (Fsp3) is 0.400. The van der Waals surface area contributed by atoms with Crippen LogP contribution in [0.2, 0.25) is 0 Å². The third kappa shape index (κ3) is 0.994. The number of hydrogen-bond acceptors (Lipinski definition) is 2. The molecule has 0 radical (unpaired) electrons. The zero-order valence-corrected chi connectivity index (χ0v) is 6.96. The molecule has 0 heterocycles. The van der Waals surface area contributed by atoms with Crippen LogP contribution in [0.1, 0.15) is 23.5 Å². The van der Waals surface area contributed by atoms with E-state index in [4.69, 9.17) is 5.73 Å². The van der Waals surface area contributed by atoms with Gasteiger partial charge in [0, 0.05) is 0 Å². The van der Waals surface area contributed by atoms with Crippen LogP contribution in [0.4, 0.5) is 0 Å². The third-order valence-electron chi connectivity index (χ3n) is 2.65. The zero-order chi connectivity index (χ0) is 8.55. The standard InChI is InChI=1S/C10H13NO/c11-6-7-4-5-9-8(7)2-1-3-10(9)12/h1-3,7,12H,4-6,11H2. The van der Waals surface area contributed by atoms with Gasteiger partial charge in [-0.3, -0.25) is 0 Å². The van der Waals surface area contributed by atoms with Crippen LogP contribution in [0.3, 0.4) is 0 Å². The van der Waals surface area contributed by atoms with E-state index >= 15 is 0 Å². The van der Waals surface area contributed by atoms with E-state index in [1.165, 1.54) is 5.56 Å². The first-order chi connectivity index (χ1) is 5.83. The lowest BCUT2D eigenvalue weighted by molar-refractivity contribution is 0.469. The highest BCUT2D eigenvalue weighted by Crippen LogP contribution is 2.36. The second-order valence-electron chi connectivity index (χ2n) is 3.32. The Balaban J connectivity index is 2.46. The van der Waals surface area contributed by atoms with Crippen molar-refractivity contribution in [2.45, 2.75) is 18.8 Å². The predicted octanol–water partition coefficient (Wildman–Crippen LogP) is 1.38. The van der Waals surface area contributed by atoms with Gasteiger partial charge in [-0.25, -0.2) is 0 Å². The van der Waals surface area contributed by atoms with Gasteiger partial charge in [0.15, 0.2) is 0 Å². The summed E-state index contributed by atoms with van der Waals surface area (Å²) in [7, 11) is 0. The number of nitrogens with two attached hydrogens (primary N) is 1. The number of benzene rings is 1. The minimum absolute atomic E-state index is 0.434. The molecule has 1 unspecified atom stereocenters. The molecule has 1 atom stereocenters. The second kappa shape index (κ2) is 2.79. The van der Waals surface area contributed by atoms with Crippen molar-refractivity contribution in [3.8, 4) is 5.75 Å². The SMILES string of the molecule is NCC1CCc2c(O)cccc21. The van der Waals surface area contributed by atoms with E-state index in [0.29, 0.717) is 18.2 Å². The molecule has 2 nitrogen and oxygen atoms in total. The summed E-state index contributed by atoms with van der Waals surface area (Å²) in [6, 6.07) is 5.71. The lowest BCUT2D eigenvalue weighted by Gasteiger charge is -2.07. The van der Waals surface area contributed by atoms with Gasteiger partial charge >= 0.3 is 0 Å². The van der Waals surface area contributed by atoms with Gasteiger partial charge in [0.05, 0.1) is 0 Å². The van der Waals surface area contributed by atoms with Crippen LogP contribution in [-0.2, 0) is 6.42 Å². The Morgan fingerprint density at radius 2 is 2.33 bits per heavy atom. The summed E-state index contributed by atoms with van der Waals surface area (Å²) in [5, 5.41) is 9.50. The molecule has 1 aliphatic carbocycles. The Bertz CT molecular complexity index is 296. The van der Waals surface area contributed by atoms with Crippen molar-refractivity contribution in [2.75, 3.05) is 6.54 Å². The molecular weight excluding hydrogens is 150 g/mol. The molecule has 0 saturated carbocycles. The highest BCUT2D eigenvalue weighted by atomic mass is 16.3. The smallest absolute Gasteiger partial charge is 0.119 e. The molecule has 0 saturated heterocycles. The molecular formula is C10H13NO. The van der Waals surface area contributed by atoms with E-state index in [-0.39, 0.29) is 0 Å². The van der Waals surface area contributed by atoms with E-state index in [1.54, 1.807) is 6.07 Å². The average Bonchev–Trinajstić information content (AvgIpc) is 2.49. The van der Waals surface area contributed by atoms with Crippen molar-refractivity contribution in [3.05, 3.63) is 29.3 Å². The molecule has 2 heteroatoms. The average molecular weight is 163 g/mol. The third-order valence-corrected chi connectivity index (χ3v) is 2.65. The highest BCUT2D eigenvalue weighted by molar-refractivity contribution is 5.44. The van der Waals surface area contributed by atoms with E-state index in [0.717, 1.165) is 18.4 Å². The van der Waals surface area contributed by atoms with Gasteiger partial charge in [-0.2, -0.15) is 0 Å². The first kappa shape index (κ1) is 7.62. The molecule has 3 N–H and O–H groups in total.